The number of hydrogen-bond donors (Lipinski definition) is 0. The smallest absolute Gasteiger partial charge is 0.0719 e. The summed E-state index contributed by atoms with van der Waals surface area (Å²) >= 11 is 0. The first kappa shape index (κ1) is 33.0. The first-order valence-corrected chi connectivity index (χ1v) is 19.4. The minimum Gasteiger partial charge on any atom is -0.256 e. The van der Waals surface area contributed by atoms with Gasteiger partial charge in [0.05, 0.1) is 11.1 Å². The molecule has 0 bridgehead atoms. The van der Waals surface area contributed by atoms with Crippen molar-refractivity contribution >= 4 is 22.7 Å². The summed E-state index contributed by atoms with van der Waals surface area (Å²) in [6.45, 7) is 4.77. The Labute approximate surface area is 324 Å². The number of benzene rings is 8. The molecule has 2 aliphatic carbocycles. The molecule has 0 aliphatic heterocycles. The van der Waals surface area contributed by atoms with E-state index in [-0.39, 0.29) is 5.41 Å². The molecule has 0 unspecified atom stereocenters. The van der Waals surface area contributed by atoms with Crippen LogP contribution in [0.25, 0.3) is 38.7 Å². The second-order valence-corrected chi connectivity index (χ2v) is 15.4. The maximum Gasteiger partial charge on any atom is 0.0719 e. The Balaban J connectivity index is 1.24. The monoisotopic (exact) mass is 703 g/mol. The molecule has 1 heteroatoms. The minimum absolute atomic E-state index is 0.155. The molecule has 10 rings (SSSR count). The number of rotatable bonds is 6. The molecule has 0 heterocycles. The molecule has 262 valence electrons. The molecule has 8 aromatic rings. The molecule has 0 fully saturated rings. The van der Waals surface area contributed by atoms with Crippen molar-refractivity contribution in [1.82, 2.24) is 0 Å². The Morgan fingerprint density at radius 2 is 1.11 bits per heavy atom. The molecular formula is C54H41N. The van der Waals surface area contributed by atoms with E-state index in [1.165, 1.54) is 72.0 Å². The first-order valence-electron chi connectivity index (χ1n) is 19.4. The number of hydrogen-bond acceptors (Lipinski definition) is 1. The molecule has 0 saturated carbocycles. The third kappa shape index (κ3) is 5.18. The highest BCUT2D eigenvalue weighted by molar-refractivity contribution is 6.03. The summed E-state index contributed by atoms with van der Waals surface area (Å²) in [6.07, 6.45) is 5.17. The van der Waals surface area contributed by atoms with Gasteiger partial charge in [-0.25, -0.2) is 0 Å². The van der Waals surface area contributed by atoms with Crippen molar-refractivity contribution in [3.05, 3.63) is 244 Å². The quantitative estimate of drug-likeness (QED) is 0.153. The van der Waals surface area contributed by atoms with Gasteiger partial charge in [-0.2, -0.15) is 0 Å². The largest absolute Gasteiger partial charge is 0.256 e. The lowest BCUT2D eigenvalue weighted by molar-refractivity contribution is 0.563. The lowest BCUT2D eigenvalue weighted by Crippen LogP contribution is -2.40. The van der Waals surface area contributed by atoms with Crippen LogP contribution in [-0.2, 0) is 17.3 Å². The van der Waals surface area contributed by atoms with Gasteiger partial charge in [0.2, 0.25) is 0 Å². The van der Waals surface area contributed by atoms with Crippen molar-refractivity contribution in [1.29, 1.82) is 0 Å². The van der Waals surface area contributed by atoms with Gasteiger partial charge >= 0.3 is 0 Å². The van der Waals surface area contributed by atoms with E-state index in [1.807, 2.05) is 0 Å². The van der Waals surface area contributed by atoms with Gasteiger partial charge in [-0.15, -0.1) is 0 Å². The Hall–Kier alpha value is -6.57. The maximum absolute atomic E-state index is 5.33. The van der Waals surface area contributed by atoms with Gasteiger partial charge < -0.3 is 0 Å². The van der Waals surface area contributed by atoms with E-state index >= 15 is 0 Å². The average Bonchev–Trinajstić information content (AvgIpc) is 3.54. The van der Waals surface area contributed by atoms with Crippen LogP contribution in [0, 0.1) is 0 Å². The summed E-state index contributed by atoms with van der Waals surface area (Å²) < 4.78 is 0. The highest BCUT2D eigenvalue weighted by Crippen LogP contribution is 2.62. The molecule has 1 spiro atoms. The zero-order chi connectivity index (χ0) is 37.0. The number of aliphatic imine (C=N–C) groups is 1. The van der Waals surface area contributed by atoms with E-state index in [1.54, 1.807) is 0 Å². The predicted molar refractivity (Wildman–Crippen MR) is 231 cm³/mol. The zero-order valence-corrected chi connectivity index (χ0v) is 31.2. The number of fused-ring (bicyclic) bond motifs is 10. The van der Waals surface area contributed by atoms with Crippen LogP contribution in [0.2, 0.25) is 0 Å². The minimum atomic E-state index is -0.486. The van der Waals surface area contributed by atoms with E-state index in [0.717, 1.165) is 23.2 Å². The molecule has 0 amide bonds. The third-order valence-electron chi connectivity index (χ3n) is 12.1. The normalized spacial score (nSPS) is 14.8. The van der Waals surface area contributed by atoms with Crippen molar-refractivity contribution in [2.75, 3.05) is 0 Å². The fourth-order valence-electron chi connectivity index (χ4n) is 9.56. The molecule has 8 aromatic carbocycles. The summed E-state index contributed by atoms with van der Waals surface area (Å²) in [5, 5.41) is 2.51. The van der Waals surface area contributed by atoms with Gasteiger partial charge in [-0.05, 0) is 90.0 Å². The summed E-state index contributed by atoms with van der Waals surface area (Å²) in [6, 6.07) is 69.0. The second kappa shape index (κ2) is 13.1. The fraction of sp³-hybridized carbons (Fsp3) is 0.0926. The van der Waals surface area contributed by atoms with Gasteiger partial charge in [0.15, 0.2) is 0 Å². The van der Waals surface area contributed by atoms with Crippen molar-refractivity contribution in [2.24, 2.45) is 4.99 Å². The lowest BCUT2D eigenvalue weighted by atomic mass is 9.55. The van der Waals surface area contributed by atoms with E-state index < -0.39 is 5.41 Å². The molecule has 0 N–H and O–H groups in total. The number of allylic oxidation sites excluding steroid dienone is 1. The Kier molecular flexibility index (Phi) is 7.85. The number of nitrogens with zero attached hydrogens (tertiary/aromatic N) is 1. The fourth-order valence-corrected chi connectivity index (χ4v) is 9.56. The summed E-state index contributed by atoms with van der Waals surface area (Å²) in [5.74, 6) is 0. The van der Waals surface area contributed by atoms with Gasteiger partial charge in [-0.3, -0.25) is 4.99 Å². The van der Waals surface area contributed by atoms with Crippen LogP contribution in [0.3, 0.4) is 0 Å². The van der Waals surface area contributed by atoms with Gasteiger partial charge in [0, 0.05) is 17.2 Å². The highest BCUT2D eigenvalue weighted by atomic mass is 14.7. The van der Waals surface area contributed by atoms with E-state index in [0.29, 0.717) is 0 Å². The van der Waals surface area contributed by atoms with Crippen molar-refractivity contribution in [3.8, 4) is 22.3 Å². The highest BCUT2D eigenvalue weighted by Gasteiger charge is 2.53. The Bertz CT molecular complexity index is 2750. The third-order valence-corrected chi connectivity index (χ3v) is 12.1. The van der Waals surface area contributed by atoms with Crippen LogP contribution in [0.4, 0.5) is 0 Å². The summed E-state index contributed by atoms with van der Waals surface area (Å²) in [4.78, 5) is 5.33. The van der Waals surface area contributed by atoms with Gasteiger partial charge in [0.1, 0.15) is 0 Å². The van der Waals surface area contributed by atoms with Crippen molar-refractivity contribution < 1.29 is 0 Å². The molecule has 0 atom stereocenters. The van der Waals surface area contributed by atoms with Crippen molar-refractivity contribution in [3.63, 3.8) is 0 Å². The van der Waals surface area contributed by atoms with Gasteiger partial charge in [0.25, 0.3) is 0 Å². The molecule has 1 nitrogen and oxygen atoms in total. The van der Waals surface area contributed by atoms with Crippen LogP contribution in [-0.4, -0.2) is 6.21 Å². The van der Waals surface area contributed by atoms with Crippen LogP contribution in [0.15, 0.2) is 199 Å². The van der Waals surface area contributed by atoms with Crippen LogP contribution in [0.1, 0.15) is 63.9 Å². The molecule has 2 aliphatic rings. The Morgan fingerprint density at radius 3 is 1.85 bits per heavy atom. The standard InChI is InChI=1S/C54H41N/c1-53(2)46-26-11-13-28-48(46)54(49-29-14-12-27-47(49)53)45-33-32-40(43-25-15-22-38-19-9-10-24-42(38)43)35-44(45)52-41(23-16-30-50(52)54)36-55-51(39-20-7-4-8-21-39)34-31-37-17-5-3-6-18-37/h3-30,32-36H,31H2,1-2H3/b51-34-,55-36?. The molecule has 0 radical (unpaired) electrons. The Morgan fingerprint density at radius 1 is 0.509 bits per heavy atom. The van der Waals surface area contributed by atoms with Crippen LogP contribution >= 0.6 is 0 Å². The molecule has 55 heavy (non-hydrogen) atoms. The maximum atomic E-state index is 5.33. The van der Waals surface area contributed by atoms with Crippen LogP contribution < -0.4 is 0 Å². The first-order chi connectivity index (χ1) is 27.0. The summed E-state index contributed by atoms with van der Waals surface area (Å²) in [7, 11) is 0. The zero-order valence-electron chi connectivity index (χ0n) is 31.2. The van der Waals surface area contributed by atoms with Gasteiger partial charge in [-0.1, -0.05) is 202 Å². The van der Waals surface area contributed by atoms with E-state index in [4.69, 9.17) is 4.99 Å². The van der Waals surface area contributed by atoms with Crippen molar-refractivity contribution in [2.45, 2.75) is 31.1 Å². The average molecular weight is 704 g/mol. The topological polar surface area (TPSA) is 12.4 Å². The molecule has 0 aromatic heterocycles. The molecular weight excluding hydrogens is 663 g/mol. The summed E-state index contributed by atoms with van der Waals surface area (Å²) in [5.41, 5.74) is 16.9. The molecule has 0 saturated heterocycles. The SMILES string of the molecule is CC1(C)c2ccccc2C2(c3ccc(-c4cccc5ccccc45)cc3-c3c(C=N/C(=C\Cc4ccccc4)c4ccccc4)cccc32)c2ccccc21. The predicted octanol–water partition coefficient (Wildman–Crippen LogP) is 13.2. The van der Waals surface area contributed by atoms with E-state index in [9.17, 15) is 0 Å². The second-order valence-electron chi connectivity index (χ2n) is 15.4. The van der Waals surface area contributed by atoms with Crippen LogP contribution in [0.5, 0.6) is 0 Å². The lowest BCUT2D eigenvalue weighted by Gasteiger charge is -2.46. The van der Waals surface area contributed by atoms with E-state index in [2.05, 4.69) is 214 Å².